The van der Waals surface area contributed by atoms with Crippen LogP contribution < -0.4 is 5.56 Å². The molecule has 1 aromatic heterocycles. The highest BCUT2D eigenvalue weighted by atomic mass is 16.6. The van der Waals surface area contributed by atoms with Crippen molar-refractivity contribution in [2.45, 2.75) is 0 Å². The van der Waals surface area contributed by atoms with Gasteiger partial charge in [-0.25, -0.2) is 4.98 Å². The Hall–Kier alpha value is -4.08. The number of benzene rings is 2. The largest absolute Gasteiger partial charge is 0.507 e. The summed E-state index contributed by atoms with van der Waals surface area (Å²) in [6.07, 6.45) is 1.11. The Bertz CT molecular complexity index is 1120. The Balaban J connectivity index is 2.19. The van der Waals surface area contributed by atoms with Crippen LogP contribution in [0.3, 0.4) is 0 Å². The van der Waals surface area contributed by atoms with E-state index >= 15 is 0 Å². The standard InChI is InChI=1S/C16H10N4O6/c21-15(9-4-2-1-3-5-9)8-12-16(22)18-11-7-14(20(25)26)13(19(23)24)6-10(11)17-12/h1-8,21H,(H,18,22). The Morgan fingerprint density at radius 2 is 1.69 bits per heavy atom. The van der Waals surface area contributed by atoms with Crippen LogP contribution in [0.5, 0.6) is 0 Å². The molecule has 0 radical (unpaired) electrons. The van der Waals surface area contributed by atoms with Crippen molar-refractivity contribution < 1.29 is 15.0 Å². The van der Waals surface area contributed by atoms with Crippen molar-refractivity contribution in [1.82, 2.24) is 9.97 Å². The Morgan fingerprint density at radius 1 is 1.08 bits per heavy atom. The predicted octanol–water partition coefficient (Wildman–Crippen LogP) is 2.80. The molecule has 26 heavy (non-hydrogen) atoms. The van der Waals surface area contributed by atoms with Gasteiger partial charge in [-0.05, 0) is 0 Å². The third-order valence-electron chi connectivity index (χ3n) is 3.55. The van der Waals surface area contributed by atoms with Gasteiger partial charge in [0.1, 0.15) is 11.5 Å². The van der Waals surface area contributed by atoms with Crippen LogP contribution in [0.1, 0.15) is 11.3 Å². The van der Waals surface area contributed by atoms with E-state index in [2.05, 4.69) is 9.97 Å². The van der Waals surface area contributed by atoms with E-state index in [4.69, 9.17) is 0 Å². The molecule has 2 aromatic carbocycles. The van der Waals surface area contributed by atoms with Gasteiger partial charge in [0.15, 0.2) is 0 Å². The molecule has 0 aliphatic rings. The topological polar surface area (TPSA) is 152 Å². The molecule has 0 bridgehead atoms. The van der Waals surface area contributed by atoms with Gasteiger partial charge in [-0.1, -0.05) is 30.3 Å². The summed E-state index contributed by atoms with van der Waals surface area (Å²) in [5, 5.41) is 32.1. The van der Waals surface area contributed by atoms with E-state index in [1.807, 2.05) is 0 Å². The van der Waals surface area contributed by atoms with E-state index in [0.717, 1.165) is 18.2 Å². The van der Waals surface area contributed by atoms with Crippen LogP contribution in [0, 0.1) is 20.2 Å². The summed E-state index contributed by atoms with van der Waals surface area (Å²) >= 11 is 0. The first kappa shape index (κ1) is 16.8. The molecule has 2 N–H and O–H groups in total. The molecule has 3 rings (SSSR count). The second-order valence-corrected chi connectivity index (χ2v) is 5.22. The number of nitro groups is 2. The van der Waals surface area contributed by atoms with Crippen LogP contribution in [-0.2, 0) is 0 Å². The molecule has 0 fully saturated rings. The van der Waals surface area contributed by atoms with Crippen molar-refractivity contribution in [3.8, 4) is 0 Å². The van der Waals surface area contributed by atoms with Gasteiger partial charge in [0.25, 0.3) is 5.56 Å². The monoisotopic (exact) mass is 354 g/mol. The number of nitro benzene ring substituents is 2. The average molecular weight is 354 g/mol. The lowest BCUT2D eigenvalue weighted by Crippen LogP contribution is -2.12. The van der Waals surface area contributed by atoms with Crippen LogP contribution in [-0.4, -0.2) is 24.9 Å². The van der Waals surface area contributed by atoms with Gasteiger partial charge in [-0.15, -0.1) is 0 Å². The first-order valence-corrected chi connectivity index (χ1v) is 7.20. The number of aromatic amines is 1. The Kier molecular flexibility index (Phi) is 4.15. The molecule has 0 saturated heterocycles. The van der Waals surface area contributed by atoms with Gasteiger partial charge in [0.2, 0.25) is 0 Å². The Labute approximate surface area is 144 Å². The third-order valence-corrected chi connectivity index (χ3v) is 3.55. The van der Waals surface area contributed by atoms with Gasteiger partial charge >= 0.3 is 11.4 Å². The zero-order valence-corrected chi connectivity index (χ0v) is 12.9. The van der Waals surface area contributed by atoms with Crippen molar-refractivity contribution in [2.75, 3.05) is 0 Å². The molecule has 130 valence electrons. The molecule has 1 heterocycles. The normalized spacial score (nSPS) is 11.5. The first-order valence-electron chi connectivity index (χ1n) is 7.20. The fraction of sp³-hybridized carbons (Fsp3) is 0. The molecule has 0 unspecified atom stereocenters. The van der Waals surface area contributed by atoms with Gasteiger partial charge in [0.05, 0.1) is 26.9 Å². The highest BCUT2D eigenvalue weighted by Crippen LogP contribution is 2.30. The lowest BCUT2D eigenvalue weighted by Gasteiger charge is -2.02. The number of nitrogens with zero attached hydrogens (tertiary/aromatic N) is 3. The van der Waals surface area contributed by atoms with Gasteiger partial charge < -0.3 is 10.1 Å². The van der Waals surface area contributed by atoms with Crippen molar-refractivity contribution in [2.24, 2.45) is 0 Å². The number of fused-ring (bicyclic) bond motifs is 1. The van der Waals surface area contributed by atoms with Crippen LogP contribution in [0.15, 0.2) is 47.3 Å². The maximum absolute atomic E-state index is 12.1. The minimum Gasteiger partial charge on any atom is -0.507 e. The van der Waals surface area contributed by atoms with Crippen molar-refractivity contribution in [3.63, 3.8) is 0 Å². The second kappa shape index (κ2) is 6.43. The molecule has 10 nitrogen and oxygen atoms in total. The highest BCUT2D eigenvalue weighted by molar-refractivity contribution is 5.84. The number of nitrogens with one attached hydrogen (secondary N) is 1. The molecule has 3 aromatic rings. The fourth-order valence-electron chi connectivity index (χ4n) is 2.34. The minimum atomic E-state index is -0.912. The van der Waals surface area contributed by atoms with Crippen LogP contribution >= 0.6 is 0 Å². The number of aromatic nitrogens is 2. The molecule has 0 saturated carbocycles. The number of hydrogen-bond acceptors (Lipinski definition) is 7. The highest BCUT2D eigenvalue weighted by Gasteiger charge is 2.25. The predicted molar refractivity (Wildman–Crippen MR) is 92.6 cm³/mol. The van der Waals surface area contributed by atoms with Crippen molar-refractivity contribution in [1.29, 1.82) is 0 Å². The minimum absolute atomic E-state index is 0.0194. The van der Waals surface area contributed by atoms with Crippen LogP contribution in [0.25, 0.3) is 22.9 Å². The summed E-state index contributed by atoms with van der Waals surface area (Å²) in [4.78, 5) is 38.7. The summed E-state index contributed by atoms with van der Waals surface area (Å²) in [7, 11) is 0. The maximum atomic E-state index is 12.1. The van der Waals surface area contributed by atoms with Gasteiger partial charge in [-0.2, -0.15) is 0 Å². The summed E-state index contributed by atoms with van der Waals surface area (Å²) in [5.74, 6) is -0.223. The number of rotatable bonds is 4. The van der Waals surface area contributed by atoms with Crippen LogP contribution in [0.2, 0.25) is 0 Å². The zero-order valence-electron chi connectivity index (χ0n) is 12.9. The van der Waals surface area contributed by atoms with Gasteiger partial charge in [0, 0.05) is 17.7 Å². The van der Waals surface area contributed by atoms with E-state index in [0.29, 0.717) is 5.56 Å². The molecular weight excluding hydrogens is 344 g/mol. The van der Waals surface area contributed by atoms with Crippen LogP contribution in [0.4, 0.5) is 11.4 Å². The van der Waals surface area contributed by atoms with E-state index in [1.54, 1.807) is 30.3 Å². The van der Waals surface area contributed by atoms with E-state index in [1.165, 1.54) is 0 Å². The molecule has 0 aliphatic carbocycles. The number of aliphatic hydroxyl groups is 1. The molecular formula is C16H10N4O6. The smallest absolute Gasteiger partial charge is 0.348 e. The maximum Gasteiger partial charge on any atom is 0.348 e. The second-order valence-electron chi connectivity index (χ2n) is 5.22. The molecule has 0 aliphatic heterocycles. The van der Waals surface area contributed by atoms with Gasteiger partial charge in [-0.3, -0.25) is 25.0 Å². The summed E-state index contributed by atoms with van der Waals surface area (Å²) in [5.41, 5.74) is -1.99. The lowest BCUT2D eigenvalue weighted by molar-refractivity contribution is -0.422. The summed E-state index contributed by atoms with van der Waals surface area (Å²) in [6.45, 7) is 0. The molecule has 0 amide bonds. The number of H-pyrrole nitrogens is 1. The molecule has 0 atom stereocenters. The molecule has 0 spiro atoms. The SMILES string of the molecule is O=c1[nH]c2cc([N+](=O)[O-])c([N+](=O)[O-])cc2nc1C=C(O)c1ccccc1. The molecule has 10 heteroatoms. The number of hydrogen-bond donors (Lipinski definition) is 2. The van der Waals surface area contributed by atoms with E-state index < -0.39 is 26.8 Å². The lowest BCUT2D eigenvalue weighted by atomic mass is 10.1. The summed E-state index contributed by atoms with van der Waals surface area (Å²) in [6, 6.07) is 10.2. The van der Waals surface area contributed by atoms with E-state index in [9.17, 15) is 30.1 Å². The Morgan fingerprint density at radius 3 is 2.31 bits per heavy atom. The van der Waals surface area contributed by atoms with Crippen molar-refractivity contribution >= 4 is 34.2 Å². The first-order chi connectivity index (χ1) is 12.4. The average Bonchev–Trinajstić information content (AvgIpc) is 2.61. The van der Waals surface area contributed by atoms with Crippen molar-refractivity contribution in [3.05, 3.63) is 84.3 Å². The zero-order chi connectivity index (χ0) is 18.8. The number of aliphatic hydroxyl groups excluding tert-OH is 1. The fourth-order valence-corrected chi connectivity index (χ4v) is 2.34. The third kappa shape index (κ3) is 3.11. The summed E-state index contributed by atoms with van der Waals surface area (Å²) < 4.78 is 0. The quantitative estimate of drug-likeness (QED) is 0.415. The van der Waals surface area contributed by atoms with E-state index in [-0.39, 0.29) is 22.5 Å².